The first-order chi connectivity index (χ1) is 18.2. The van der Waals surface area contributed by atoms with Crippen molar-refractivity contribution < 1.29 is 22.0 Å². The summed E-state index contributed by atoms with van der Waals surface area (Å²) in [6.45, 7) is 0.243. The van der Waals surface area contributed by atoms with Crippen LogP contribution in [0.15, 0.2) is 83.5 Å². The number of nitrogens with zero attached hydrogens (tertiary/aromatic N) is 2. The summed E-state index contributed by atoms with van der Waals surface area (Å²) in [5.74, 6) is 1.77. The zero-order chi connectivity index (χ0) is 26.7. The van der Waals surface area contributed by atoms with E-state index in [0.29, 0.717) is 39.4 Å². The fraction of sp³-hybridized carbons (Fsp3) is 0.111. The molecule has 0 bridgehead atoms. The van der Waals surface area contributed by atoms with Crippen molar-refractivity contribution in [3.8, 4) is 17.1 Å². The van der Waals surface area contributed by atoms with Crippen LogP contribution < -0.4 is 14.8 Å². The average Bonchev–Trinajstić information content (AvgIpc) is 3.36. The third-order valence-electron chi connectivity index (χ3n) is 5.57. The van der Waals surface area contributed by atoms with Gasteiger partial charge in [0.2, 0.25) is 10.0 Å². The van der Waals surface area contributed by atoms with E-state index in [2.05, 4.69) is 20.0 Å². The lowest BCUT2D eigenvalue weighted by atomic mass is 10.1. The highest BCUT2D eigenvalue weighted by Gasteiger charge is 2.12. The minimum Gasteiger partial charge on any atom is -0.487 e. The predicted octanol–water partition coefficient (Wildman–Crippen LogP) is 6.05. The third kappa shape index (κ3) is 6.28. The maximum atomic E-state index is 13.4. The number of rotatable bonds is 9. The monoisotopic (exact) mass is 552 g/mol. The van der Waals surface area contributed by atoms with Gasteiger partial charge >= 0.3 is 0 Å². The van der Waals surface area contributed by atoms with Gasteiger partial charge in [-0.05, 0) is 66.2 Å². The van der Waals surface area contributed by atoms with Crippen LogP contribution in [0.4, 0.5) is 15.9 Å². The molecular formula is C27H22ClFN4O4S. The molecule has 0 amide bonds. The minimum absolute atomic E-state index is 0.0606. The Hall–Kier alpha value is -3.99. The molecule has 0 unspecified atom stereocenters. The fourth-order valence-corrected chi connectivity index (χ4v) is 4.40. The smallest absolute Gasteiger partial charge is 0.209 e. The van der Waals surface area contributed by atoms with E-state index < -0.39 is 10.0 Å². The maximum Gasteiger partial charge on any atom is 0.209 e. The van der Waals surface area contributed by atoms with Gasteiger partial charge in [0.15, 0.2) is 0 Å². The largest absolute Gasteiger partial charge is 0.487 e. The second-order valence-electron chi connectivity index (χ2n) is 8.50. The SMILES string of the molecule is CS(=O)(=O)NCc1ccc(-c2ccc3ncnc(Nc4ccc(OCc5cccc(F)c5)c(Cl)c4)c3c2)o1. The minimum atomic E-state index is -3.33. The van der Waals surface area contributed by atoms with Gasteiger partial charge in [-0.3, -0.25) is 0 Å². The van der Waals surface area contributed by atoms with Gasteiger partial charge in [-0.2, -0.15) is 0 Å². The van der Waals surface area contributed by atoms with E-state index in [0.717, 1.165) is 22.7 Å². The van der Waals surface area contributed by atoms with Gasteiger partial charge in [0.05, 0.1) is 23.3 Å². The first kappa shape index (κ1) is 25.7. The first-order valence-corrected chi connectivity index (χ1v) is 13.7. The third-order valence-corrected chi connectivity index (χ3v) is 6.53. The van der Waals surface area contributed by atoms with Crippen molar-refractivity contribution in [1.82, 2.24) is 14.7 Å². The fourth-order valence-electron chi connectivity index (χ4n) is 3.76. The van der Waals surface area contributed by atoms with Crippen LogP contribution in [0.1, 0.15) is 11.3 Å². The molecule has 2 aromatic heterocycles. The zero-order valence-corrected chi connectivity index (χ0v) is 21.7. The van der Waals surface area contributed by atoms with Crippen molar-refractivity contribution >= 4 is 44.0 Å². The molecule has 194 valence electrons. The lowest BCUT2D eigenvalue weighted by Crippen LogP contribution is -2.20. The van der Waals surface area contributed by atoms with Crippen LogP contribution in [-0.2, 0) is 23.2 Å². The van der Waals surface area contributed by atoms with Crippen molar-refractivity contribution in [2.75, 3.05) is 11.6 Å². The Kier molecular flexibility index (Phi) is 7.28. The Morgan fingerprint density at radius 3 is 2.68 bits per heavy atom. The van der Waals surface area contributed by atoms with Crippen LogP contribution in [0, 0.1) is 5.82 Å². The number of benzene rings is 3. The molecule has 0 aliphatic heterocycles. The second-order valence-corrected chi connectivity index (χ2v) is 10.7. The molecule has 0 aliphatic rings. The van der Waals surface area contributed by atoms with E-state index in [1.165, 1.54) is 18.5 Å². The number of ether oxygens (including phenoxy) is 1. The molecule has 0 atom stereocenters. The van der Waals surface area contributed by atoms with Crippen molar-refractivity contribution in [3.63, 3.8) is 0 Å². The molecule has 8 nitrogen and oxygen atoms in total. The van der Waals surface area contributed by atoms with E-state index in [1.807, 2.05) is 18.2 Å². The first-order valence-electron chi connectivity index (χ1n) is 11.5. The molecular weight excluding hydrogens is 531 g/mol. The van der Waals surface area contributed by atoms with Crippen molar-refractivity contribution in [2.45, 2.75) is 13.2 Å². The second kappa shape index (κ2) is 10.8. The predicted molar refractivity (Wildman–Crippen MR) is 144 cm³/mol. The topological polar surface area (TPSA) is 106 Å². The van der Waals surface area contributed by atoms with Crippen LogP contribution in [0.2, 0.25) is 5.02 Å². The molecule has 3 aromatic carbocycles. The molecule has 11 heteroatoms. The van der Waals surface area contributed by atoms with Gasteiger partial charge in [-0.15, -0.1) is 0 Å². The van der Waals surface area contributed by atoms with Crippen LogP contribution in [0.5, 0.6) is 5.75 Å². The Morgan fingerprint density at radius 2 is 1.89 bits per heavy atom. The van der Waals surface area contributed by atoms with Crippen LogP contribution in [0.3, 0.4) is 0 Å². The summed E-state index contributed by atoms with van der Waals surface area (Å²) in [5.41, 5.74) is 2.88. The van der Waals surface area contributed by atoms with E-state index in [1.54, 1.807) is 42.5 Å². The van der Waals surface area contributed by atoms with E-state index >= 15 is 0 Å². The normalized spacial score (nSPS) is 11.6. The van der Waals surface area contributed by atoms with Gasteiger partial charge in [0.1, 0.15) is 41.8 Å². The average molecular weight is 553 g/mol. The number of furan rings is 1. The number of aromatic nitrogens is 2. The van der Waals surface area contributed by atoms with Crippen molar-refractivity contribution in [1.29, 1.82) is 0 Å². The van der Waals surface area contributed by atoms with Gasteiger partial charge in [-0.1, -0.05) is 23.7 Å². The molecule has 0 radical (unpaired) electrons. The van der Waals surface area contributed by atoms with Gasteiger partial charge in [0.25, 0.3) is 0 Å². The molecule has 2 N–H and O–H groups in total. The lowest BCUT2D eigenvalue weighted by Gasteiger charge is -2.12. The zero-order valence-electron chi connectivity index (χ0n) is 20.1. The summed E-state index contributed by atoms with van der Waals surface area (Å²) in [7, 11) is -3.33. The Bertz CT molecular complexity index is 1730. The number of hydrogen-bond donors (Lipinski definition) is 2. The Labute approximate surface area is 223 Å². The van der Waals surface area contributed by atoms with Crippen molar-refractivity contribution in [3.05, 3.63) is 101 Å². The molecule has 38 heavy (non-hydrogen) atoms. The molecule has 0 fully saturated rings. The molecule has 0 aliphatic carbocycles. The standard InChI is InChI=1S/C27H22ClFN4O4S/c1-38(34,35)32-14-21-7-10-25(37-21)18-5-8-24-22(12-18)27(31-16-30-24)33-20-6-9-26(23(28)13-20)36-15-17-3-2-4-19(29)11-17/h2-13,16,32H,14-15H2,1H3,(H,30,31,33). The van der Waals surface area contributed by atoms with Gasteiger partial charge < -0.3 is 14.5 Å². The summed E-state index contributed by atoms with van der Waals surface area (Å²) in [4.78, 5) is 8.74. The summed E-state index contributed by atoms with van der Waals surface area (Å²) >= 11 is 6.45. The van der Waals surface area contributed by atoms with Crippen molar-refractivity contribution in [2.24, 2.45) is 0 Å². The number of sulfonamides is 1. The molecule has 2 heterocycles. The number of nitrogens with one attached hydrogen (secondary N) is 2. The molecule has 5 rings (SSSR count). The van der Waals surface area contributed by atoms with E-state index in [-0.39, 0.29) is 19.0 Å². The summed E-state index contributed by atoms with van der Waals surface area (Å²) in [6.07, 6.45) is 2.56. The van der Waals surface area contributed by atoms with Gasteiger partial charge in [0, 0.05) is 16.6 Å². The van der Waals surface area contributed by atoms with Crippen LogP contribution >= 0.6 is 11.6 Å². The number of anilines is 2. The Morgan fingerprint density at radius 1 is 1.03 bits per heavy atom. The molecule has 5 aromatic rings. The molecule has 0 saturated carbocycles. The number of halogens is 2. The quantitative estimate of drug-likeness (QED) is 0.229. The highest BCUT2D eigenvalue weighted by molar-refractivity contribution is 7.88. The summed E-state index contributed by atoms with van der Waals surface area (Å²) < 4.78 is 50.1. The number of hydrogen-bond acceptors (Lipinski definition) is 7. The number of fused-ring (bicyclic) bond motifs is 1. The summed E-state index contributed by atoms with van der Waals surface area (Å²) in [6, 6.07) is 20.5. The van der Waals surface area contributed by atoms with E-state index in [4.69, 9.17) is 20.8 Å². The Balaban J connectivity index is 1.34. The molecule has 0 saturated heterocycles. The molecule has 0 spiro atoms. The summed E-state index contributed by atoms with van der Waals surface area (Å²) in [5, 5.41) is 4.40. The van der Waals surface area contributed by atoms with Crippen LogP contribution in [-0.4, -0.2) is 24.6 Å². The van der Waals surface area contributed by atoms with Crippen LogP contribution in [0.25, 0.3) is 22.2 Å². The van der Waals surface area contributed by atoms with E-state index in [9.17, 15) is 12.8 Å². The van der Waals surface area contributed by atoms with Gasteiger partial charge in [-0.25, -0.2) is 27.5 Å². The highest BCUT2D eigenvalue weighted by atomic mass is 35.5. The maximum absolute atomic E-state index is 13.4. The highest BCUT2D eigenvalue weighted by Crippen LogP contribution is 2.32. The lowest BCUT2D eigenvalue weighted by molar-refractivity contribution is 0.306.